The van der Waals surface area contributed by atoms with E-state index in [4.69, 9.17) is 0 Å². The van der Waals surface area contributed by atoms with Crippen molar-refractivity contribution in [2.45, 2.75) is 0 Å². The van der Waals surface area contributed by atoms with E-state index < -0.39 is 0 Å². The molecule has 0 N–H and O–H groups in total. The molecule has 10 aromatic rings. The molecule has 0 saturated carbocycles. The standard InChI is InChI=1S/C46H27FN2/c47-30-18-20-31(21-19-30)48-41-14-5-3-10-34(41)39-26-28(16-23-44(39)48)29-17-24-45-40(27-29)35-11-4-6-15-42(35)49(45)43-25-22-37-33-9-2-1-8-32(33)36-12-7-13-38(43)46(36)37/h1-27H. The zero-order valence-corrected chi connectivity index (χ0v) is 26.4. The van der Waals surface area contributed by atoms with Crippen LogP contribution in [0.1, 0.15) is 0 Å². The number of hydrogen-bond acceptors (Lipinski definition) is 0. The van der Waals surface area contributed by atoms with Crippen molar-refractivity contribution >= 4 is 54.4 Å². The van der Waals surface area contributed by atoms with Gasteiger partial charge in [-0.3, -0.25) is 0 Å². The first-order valence-electron chi connectivity index (χ1n) is 16.7. The van der Waals surface area contributed by atoms with E-state index in [1.807, 2.05) is 12.1 Å². The topological polar surface area (TPSA) is 9.86 Å². The monoisotopic (exact) mass is 626 g/mol. The minimum atomic E-state index is -0.234. The second-order valence-electron chi connectivity index (χ2n) is 13.1. The number of rotatable bonds is 3. The van der Waals surface area contributed by atoms with Crippen molar-refractivity contribution in [3.05, 3.63) is 170 Å². The predicted octanol–water partition coefficient (Wildman–Crippen LogP) is 12.5. The van der Waals surface area contributed by atoms with E-state index in [1.54, 1.807) is 0 Å². The predicted molar refractivity (Wildman–Crippen MR) is 202 cm³/mol. The van der Waals surface area contributed by atoms with Crippen LogP contribution in [0.15, 0.2) is 164 Å². The SMILES string of the molecule is Fc1ccc(-n2c3ccccc3c3cc(-c4ccc5c(c4)c4ccccc4n5-c4ccc5c6c(cccc46)-c4ccccc4-5)ccc32)cc1. The second-order valence-corrected chi connectivity index (χ2v) is 13.1. The van der Waals surface area contributed by atoms with Crippen LogP contribution in [0.2, 0.25) is 0 Å². The first kappa shape index (κ1) is 26.6. The quantitative estimate of drug-likeness (QED) is 0.185. The molecule has 49 heavy (non-hydrogen) atoms. The van der Waals surface area contributed by atoms with Gasteiger partial charge in [0.2, 0.25) is 0 Å². The maximum absolute atomic E-state index is 13.8. The van der Waals surface area contributed by atoms with Gasteiger partial charge in [0, 0.05) is 32.6 Å². The summed E-state index contributed by atoms with van der Waals surface area (Å²) in [5.74, 6) is -0.234. The highest BCUT2D eigenvalue weighted by Gasteiger charge is 2.24. The molecule has 8 aromatic carbocycles. The molecule has 0 saturated heterocycles. The number of nitrogens with zero attached hydrogens (tertiary/aromatic N) is 2. The smallest absolute Gasteiger partial charge is 0.123 e. The Kier molecular flexibility index (Phi) is 5.31. The van der Waals surface area contributed by atoms with Gasteiger partial charge in [-0.2, -0.15) is 0 Å². The summed E-state index contributed by atoms with van der Waals surface area (Å²) < 4.78 is 18.5. The minimum absolute atomic E-state index is 0.234. The van der Waals surface area contributed by atoms with Gasteiger partial charge in [0.1, 0.15) is 5.82 Å². The lowest BCUT2D eigenvalue weighted by Crippen LogP contribution is -1.95. The number of hydrogen-bond donors (Lipinski definition) is 0. The highest BCUT2D eigenvalue weighted by molar-refractivity contribution is 6.19. The number of benzene rings is 8. The lowest BCUT2D eigenvalue weighted by atomic mass is 10.0. The van der Waals surface area contributed by atoms with E-state index in [0.29, 0.717) is 0 Å². The van der Waals surface area contributed by atoms with Gasteiger partial charge in [0.25, 0.3) is 0 Å². The highest BCUT2D eigenvalue weighted by Crippen LogP contribution is 2.49. The van der Waals surface area contributed by atoms with Crippen molar-refractivity contribution in [1.29, 1.82) is 0 Å². The summed E-state index contributed by atoms with van der Waals surface area (Å²) in [6.45, 7) is 0. The van der Waals surface area contributed by atoms with Gasteiger partial charge >= 0.3 is 0 Å². The number of para-hydroxylation sites is 2. The molecule has 0 aliphatic heterocycles. The van der Waals surface area contributed by atoms with Crippen LogP contribution < -0.4 is 0 Å². The van der Waals surface area contributed by atoms with E-state index in [2.05, 4.69) is 149 Å². The van der Waals surface area contributed by atoms with Crippen LogP contribution >= 0.6 is 0 Å². The first-order chi connectivity index (χ1) is 24.2. The Morgan fingerprint density at radius 1 is 0.347 bits per heavy atom. The summed E-state index contributed by atoms with van der Waals surface area (Å²) in [5, 5.41) is 7.41. The maximum atomic E-state index is 13.8. The van der Waals surface area contributed by atoms with Crippen LogP contribution in [0, 0.1) is 5.82 Å². The van der Waals surface area contributed by atoms with Gasteiger partial charge < -0.3 is 9.13 Å². The van der Waals surface area contributed by atoms with Crippen LogP contribution in [0.3, 0.4) is 0 Å². The summed E-state index contributed by atoms with van der Waals surface area (Å²) in [6, 6.07) is 57.7. The fourth-order valence-corrected chi connectivity index (χ4v) is 8.42. The third kappa shape index (κ3) is 3.64. The van der Waals surface area contributed by atoms with Crippen molar-refractivity contribution in [1.82, 2.24) is 9.13 Å². The van der Waals surface area contributed by atoms with Crippen molar-refractivity contribution in [2.75, 3.05) is 0 Å². The van der Waals surface area contributed by atoms with Crippen molar-refractivity contribution in [3.63, 3.8) is 0 Å². The Bertz CT molecular complexity index is 2970. The number of aromatic nitrogens is 2. The van der Waals surface area contributed by atoms with E-state index in [1.165, 1.54) is 89.0 Å². The van der Waals surface area contributed by atoms with Gasteiger partial charge in [0.05, 0.1) is 27.8 Å². The molecular weight excluding hydrogens is 600 g/mol. The average Bonchev–Trinajstić information content (AvgIpc) is 3.79. The van der Waals surface area contributed by atoms with E-state index in [-0.39, 0.29) is 5.82 Å². The van der Waals surface area contributed by atoms with E-state index >= 15 is 0 Å². The molecule has 2 nitrogen and oxygen atoms in total. The molecule has 0 amide bonds. The molecule has 2 aromatic heterocycles. The summed E-state index contributed by atoms with van der Waals surface area (Å²) in [4.78, 5) is 0. The zero-order chi connectivity index (χ0) is 32.2. The van der Waals surface area contributed by atoms with Gasteiger partial charge in [-0.25, -0.2) is 4.39 Å². The van der Waals surface area contributed by atoms with Gasteiger partial charge in [0.15, 0.2) is 0 Å². The molecule has 0 spiro atoms. The molecule has 2 heterocycles. The van der Waals surface area contributed by atoms with Crippen LogP contribution in [-0.2, 0) is 0 Å². The average molecular weight is 627 g/mol. The van der Waals surface area contributed by atoms with E-state index in [0.717, 1.165) is 22.3 Å². The molecule has 3 heteroatoms. The molecule has 0 radical (unpaired) electrons. The molecule has 0 unspecified atom stereocenters. The van der Waals surface area contributed by atoms with Crippen molar-refractivity contribution in [2.24, 2.45) is 0 Å². The Labute approximate surface area is 281 Å². The van der Waals surface area contributed by atoms with Crippen LogP contribution in [0.5, 0.6) is 0 Å². The van der Waals surface area contributed by atoms with Crippen molar-refractivity contribution in [3.8, 4) is 44.8 Å². The molecular formula is C46H27FN2. The Morgan fingerprint density at radius 2 is 0.857 bits per heavy atom. The fraction of sp³-hybridized carbons (Fsp3) is 0. The molecule has 228 valence electrons. The Balaban J connectivity index is 1.12. The third-order valence-electron chi connectivity index (χ3n) is 10.5. The molecule has 0 atom stereocenters. The first-order valence-corrected chi connectivity index (χ1v) is 16.7. The molecule has 11 rings (SSSR count). The number of fused-ring (bicyclic) bond motifs is 9. The van der Waals surface area contributed by atoms with Crippen LogP contribution in [0.25, 0.3) is 99.1 Å². The Hall–Kier alpha value is -6.45. The zero-order valence-electron chi connectivity index (χ0n) is 26.4. The largest absolute Gasteiger partial charge is 0.309 e. The van der Waals surface area contributed by atoms with Crippen LogP contribution in [0.4, 0.5) is 4.39 Å². The molecule has 0 fully saturated rings. The third-order valence-corrected chi connectivity index (χ3v) is 10.5. The Morgan fingerprint density at radius 3 is 1.53 bits per heavy atom. The summed E-state index contributed by atoms with van der Waals surface area (Å²) in [6.07, 6.45) is 0. The maximum Gasteiger partial charge on any atom is 0.123 e. The lowest BCUT2D eigenvalue weighted by Gasteiger charge is -2.13. The summed E-state index contributed by atoms with van der Waals surface area (Å²) in [5.41, 5.74) is 14.3. The summed E-state index contributed by atoms with van der Waals surface area (Å²) >= 11 is 0. The van der Waals surface area contributed by atoms with Gasteiger partial charge in [-0.15, -0.1) is 0 Å². The molecule has 0 bridgehead atoms. The van der Waals surface area contributed by atoms with Crippen molar-refractivity contribution < 1.29 is 4.39 Å². The minimum Gasteiger partial charge on any atom is -0.309 e. The normalized spacial score (nSPS) is 12.2. The molecule has 1 aliphatic carbocycles. The number of halogens is 1. The van der Waals surface area contributed by atoms with E-state index in [9.17, 15) is 4.39 Å². The van der Waals surface area contributed by atoms with Gasteiger partial charge in [-0.05, 0) is 105 Å². The molecule has 1 aliphatic rings. The summed E-state index contributed by atoms with van der Waals surface area (Å²) in [7, 11) is 0. The lowest BCUT2D eigenvalue weighted by molar-refractivity contribution is 0.627. The van der Waals surface area contributed by atoms with Crippen LogP contribution in [-0.4, -0.2) is 9.13 Å². The second kappa shape index (κ2) is 9.79. The fourth-order valence-electron chi connectivity index (χ4n) is 8.42. The van der Waals surface area contributed by atoms with Gasteiger partial charge in [-0.1, -0.05) is 97.1 Å². The highest BCUT2D eigenvalue weighted by atomic mass is 19.1.